The Hall–Kier alpha value is -2.36. The fraction of sp³-hybridized carbons (Fsp3) is 0.188. The standard InChI is InChI=1S/C16H17FN2O/c1-11(20)14-9-13(7-8-16(14)18)19(2)10-12-5-3-4-6-15(12)17/h3-9H,10,18H2,1-2H3. The van der Waals surface area contributed by atoms with E-state index >= 15 is 0 Å². The molecule has 0 aliphatic rings. The third kappa shape index (κ3) is 2.96. The fourth-order valence-electron chi connectivity index (χ4n) is 2.06. The third-order valence-electron chi connectivity index (χ3n) is 3.22. The van der Waals surface area contributed by atoms with Crippen molar-refractivity contribution in [3.63, 3.8) is 0 Å². The first-order valence-electron chi connectivity index (χ1n) is 6.34. The molecule has 0 spiro atoms. The SMILES string of the molecule is CC(=O)c1cc(N(C)Cc2ccccc2F)ccc1N. The Morgan fingerprint density at radius 3 is 2.60 bits per heavy atom. The van der Waals surface area contributed by atoms with Crippen molar-refractivity contribution in [3.8, 4) is 0 Å². The number of hydrogen-bond donors (Lipinski definition) is 1. The molecule has 4 heteroatoms. The molecule has 0 aliphatic carbocycles. The summed E-state index contributed by atoms with van der Waals surface area (Å²) in [6.07, 6.45) is 0. The third-order valence-corrected chi connectivity index (χ3v) is 3.22. The van der Waals surface area contributed by atoms with Gasteiger partial charge in [-0.3, -0.25) is 4.79 Å². The minimum Gasteiger partial charge on any atom is -0.398 e. The molecule has 0 radical (unpaired) electrons. The molecule has 2 N–H and O–H groups in total. The number of rotatable bonds is 4. The Balaban J connectivity index is 2.26. The van der Waals surface area contributed by atoms with Gasteiger partial charge < -0.3 is 10.6 Å². The Morgan fingerprint density at radius 1 is 1.25 bits per heavy atom. The van der Waals surface area contributed by atoms with Crippen molar-refractivity contribution in [2.45, 2.75) is 13.5 Å². The summed E-state index contributed by atoms with van der Waals surface area (Å²) < 4.78 is 13.6. The lowest BCUT2D eigenvalue weighted by molar-refractivity contribution is 0.101. The van der Waals surface area contributed by atoms with Gasteiger partial charge in [0.25, 0.3) is 0 Å². The maximum absolute atomic E-state index is 13.6. The van der Waals surface area contributed by atoms with Gasteiger partial charge in [0.2, 0.25) is 0 Å². The van der Waals surface area contributed by atoms with Crippen LogP contribution in [-0.4, -0.2) is 12.8 Å². The van der Waals surface area contributed by atoms with Crippen LogP contribution in [0.3, 0.4) is 0 Å². The number of nitrogen functional groups attached to an aromatic ring is 1. The molecule has 3 nitrogen and oxygen atoms in total. The lowest BCUT2D eigenvalue weighted by Gasteiger charge is -2.20. The van der Waals surface area contributed by atoms with Crippen molar-refractivity contribution >= 4 is 17.2 Å². The number of benzene rings is 2. The number of nitrogens with zero attached hydrogens (tertiary/aromatic N) is 1. The van der Waals surface area contributed by atoms with E-state index in [1.165, 1.54) is 13.0 Å². The second kappa shape index (κ2) is 5.74. The minimum absolute atomic E-state index is 0.0800. The van der Waals surface area contributed by atoms with Crippen molar-refractivity contribution in [3.05, 3.63) is 59.4 Å². The monoisotopic (exact) mass is 272 g/mol. The molecule has 104 valence electrons. The smallest absolute Gasteiger partial charge is 0.161 e. The molecule has 2 rings (SSSR count). The Labute approximate surface area is 117 Å². The molecule has 0 heterocycles. The summed E-state index contributed by atoms with van der Waals surface area (Å²) in [7, 11) is 1.85. The van der Waals surface area contributed by atoms with Crippen LogP contribution in [0.1, 0.15) is 22.8 Å². The highest BCUT2D eigenvalue weighted by atomic mass is 19.1. The predicted octanol–water partition coefficient (Wildman–Crippen LogP) is 3.25. The maximum Gasteiger partial charge on any atom is 0.161 e. The Kier molecular flexibility index (Phi) is 4.03. The average molecular weight is 272 g/mol. The number of ketones is 1. The van der Waals surface area contributed by atoms with Crippen LogP contribution in [0.4, 0.5) is 15.8 Å². The number of carbonyl (C=O) groups excluding carboxylic acids is 1. The summed E-state index contributed by atoms with van der Waals surface area (Å²) in [6.45, 7) is 1.90. The van der Waals surface area contributed by atoms with Crippen LogP contribution in [-0.2, 0) is 6.54 Å². The molecular weight excluding hydrogens is 255 g/mol. The van der Waals surface area contributed by atoms with Crippen molar-refractivity contribution in [2.75, 3.05) is 17.7 Å². The molecule has 0 fully saturated rings. The van der Waals surface area contributed by atoms with E-state index in [4.69, 9.17) is 5.73 Å². The summed E-state index contributed by atoms with van der Waals surface area (Å²) in [5.74, 6) is -0.315. The largest absolute Gasteiger partial charge is 0.398 e. The topological polar surface area (TPSA) is 46.3 Å². The molecule has 0 aliphatic heterocycles. The van der Waals surface area contributed by atoms with Gasteiger partial charge in [0.1, 0.15) is 5.82 Å². The Morgan fingerprint density at radius 2 is 1.95 bits per heavy atom. The first-order valence-corrected chi connectivity index (χ1v) is 6.34. The van der Waals surface area contributed by atoms with Crippen LogP contribution < -0.4 is 10.6 Å². The second-order valence-electron chi connectivity index (χ2n) is 4.78. The molecule has 0 amide bonds. The van der Waals surface area contributed by atoms with Gasteiger partial charge >= 0.3 is 0 Å². The normalized spacial score (nSPS) is 10.3. The number of Topliss-reactive ketones (excluding diaryl/α,β-unsaturated/α-hetero) is 1. The van der Waals surface area contributed by atoms with Crippen LogP contribution in [0.25, 0.3) is 0 Å². The zero-order valence-electron chi connectivity index (χ0n) is 11.6. The summed E-state index contributed by atoms with van der Waals surface area (Å²) in [4.78, 5) is 13.4. The van der Waals surface area contributed by atoms with E-state index in [-0.39, 0.29) is 11.6 Å². The number of carbonyl (C=O) groups is 1. The highest BCUT2D eigenvalue weighted by molar-refractivity contribution is 6.00. The summed E-state index contributed by atoms with van der Waals surface area (Å²) in [5.41, 5.74) is 8.15. The summed E-state index contributed by atoms with van der Waals surface area (Å²) in [5, 5.41) is 0. The first-order chi connectivity index (χ1) is 9.49. The molecule has 0 saturated carbocycles. The van der Waals surface area contributed by atoms with Gasteiger partial charge in [0.05, 0.1) is 0 Å². The molecule has 0 unspecified atom stereocenters. The van der Waals surface area contributed by atoms with Gasteiger partial charge in [0, 0.05) is 36.1 Å². The molecular formula is C16H17FN2O. The summed E-state index contributed by atoms with van der Waals surface area (Å²) >= 11 is 0. The maximum atomic E-state index is 13.6. The Bertz CT molecular complexity index is 640. The molecule has 0 aromatic heterocycles. The molecule has 0 saturated heterocycles. The molecule has 20 heavy (non-hydrogen) atoms. The summed E-state index contributed by atoms with van der Waals surface area (Å²) in [6, 6.07) is 11.9. The average Bonchev–Trinajstić information content (AvgIpc) is 2.41. The number of anilines is 2. The molecule has 0 atom stereocenters. The number of nitrogens with two attached hydrogens (primary N) is 1. The van der Waals surface area contributed by atoms with Gasteiger partial charge in [-0.15, -0.1) is 0 Å². The van der Waals surface area contributed by atoms with Crippen LogP contribution in [0.5, 0.6) is 0 Å². The number of hydrogen-bond acceptors (Lipinski definition) is 3. The highest BCUT2D eigenvalue weighted by Gasteiger charge is 2.10. The quantitative estimate of drug-likeness (QED) is 0.686. The molecule has 0 bridgehead atoms. The van der Waals surface area contributed by atoms with Gasteiger partial charge in [0.15, 0.2) is 5.78 Å². The van der Waals surface area contributed by atoms with Gasteiger partial charge in [-0.2, -0.15) is 0 Å². The second-order valence-corrected chi connectivity index (χ2v) is 4.78. The van der Waals surface area contributed by atoms with Crippen LogP contribution in [0.2, 0.25) is 0 Å². The zero-order chi connectivity index (χ0) is 14.7. The zero-order valence-corrected chi connectivity index (χ0v) is 11.6. The van der Waals surface area contributed by atoms with E-state index in [2.05, 4.69) is 0 Å². The highest BCUT2D eigenvalue weighted by Crippen LogP contribution is 2.22. The number of halogens is 1. The van der Waals surface area contributed by atoms with E-state index in [1.807, 2.05) is 18.0 Å². The fourth-order valence-corrected chi connectivity index (χ4v) is 2.06. The molecule has 2 aromatic rings. The van der Waals surface area contributed by atoms with Gasteiger partial charge in [-0.1, -0.05) is 18.2 Å². The van der Waals surface area contributed by atoms with Gasteiger partial charge in [-0.25, -0.2) is 4.39 Å². The van der Waals surface area contributed by atoms with Crippen LogP contribution >= 0.6 is 0 Å². The van der Waals surface area contributed by atoms with Crippen molar-refractivity contribution in [1.29, 1.82) is 0 Å². The van der Waals surface area contributed by atoms with E-state index in [9.17, 15) is 9.18 Å². The van der Waals surface area contributed by atoms with E-state index in [0.29, 0.717) is 23.4 Å². The van der Waals surface area contributed by atoms with E-state index in [0.717, 1.165) is 5.69 Å². The lowest BCUT2D eigenvalue weighted by Crippen LogP contribution is -2.18. The van der Waals surface area contributed by atoms with E-state index < -0.39 is 0 Å². The van der Waals surface area contributed by atoms with Crippen molar-refractivity contribution < 1.29 is 9.18 Å². The van der Waals surface area contributed by atoms with Crippen LogP contribution in [0, 0.1) is 5.82 Å². The minimum atomic E-state index is -0.235. The van der Waals surface area contributed by atoms with Crippen molar-refractivity contribution in [2.24, 2.45) is 0 Å². The lowest BCUT2D eigenvalue weighted by atomic mass is 10.1. The van der Waals surface area contributed by atoms with E-state index in [1.54, 1.807) is 30.3 Å². The van der Waals surface area contributed by atoms with Gasteiger partial charge in [-0.05, 0) is 31.2 Å². The first kappa shape index (κ1) is 14.1. The van der Waals surface area contributed by atoms with Crippen molar-refractivity contribution in [1.82, 2.24) is 0 Å². The molecule has 2 aromatic carbocycles. The predicted molar refractivity (Wildman–Crippen MR) is 79.4 cm³/mol. The van der Waals surface area contributed by atoms with Crippen LogP contribution in [0.15, 0.2) is 42.5 Å².